The molecule has 0 spiro atoms. The van der Waals surface area contributed by atoms with Gasteiger partial charge in [0.15, 0.2) is 0 Å². The van der Waals surface area contributed by atoms with Gasteiger partial charge in [0, 0.05) is 13.0 Å². The number of nitrogens with one attached hydrogen (secondary N) is 1. The van der Waals surface area contributed by atoms with Crippen molar-refractivity contribution in [3.05, 3.63) is 0 Å². The summed E-state index contributed by atoms with van der Waals surface area (Å²) < 4.78 is 153. The monoisotopic (exact) mass is 473 g/mol. The molecule has 2 N–H and O–H groups in total. The molecule has 0 aliphatic rings. The van der Waals surface area contributed by atoms with E-state index in [9.17, 15) is 52.3 Å². The fourth-order valence-corrected chi connectivity index (χ4v) is 3.90. The molecular weight excluding hydrogens is 452 g/mol. The summed E-state index contributed by atoms with van der Waals surface area (Å²) in [4.78, 5) is 0. The number of hydrogen-bond donors (Lipinski definition) is 2. The molecule has 0 aliphatic carbocycles. The SMILES string of the molecule is CC(CCCCC(CC(F)(C(F)(F)F)C(F)(F)F)S(=O)(=O)NCCO)C(F)(F)F. The summed E-state index contributed by atoms with van der Waals surface area (Å²) in [5.74, 6) is -1.82. The standard InChI is InChI=1S/C14H21F10NO3S/c1-9(12(16,17)18)4-2-3-5-10(29(27,28)25-6-7-26)8-11(15,13(19,20)21)14(22,23)24/h9-10,25-26H,2-8H2,1H3. The van der Waals surface area contributed by atoms with E-state index in [-0.39, 0.29) is 6.42 Å². The van der Waals surface area contributed by atoms with Crippen LogP contribution in [-0.2, 0) is 10.0 Å². The van der Waals surface area contributed by atoms with E-state index in [2.05, 4.69) is 0 Å². The van der Waals surface area contributed by atoms with E-state index in [4.69, 9.17) is 5.11 Å². The molecule has 0 saturated heterocycles. The predicted octanol–water partition coefficient (Wildman–Crippen LogP) is 4.25. The van der Waals surface area contributed by atoms with Gasteiger partial charge in [-0.3, -0.25) is 0 Å². The Balaban J connectivity index is 5.52. The van der Waals surface area contributed by atoms with Crippen LogP contribution in [0.3, 0.4) is 0 Å². The maximum absolute atomic E-state index is 14.0. The second-order valence-electron chi connectivity index (χ2n) is 6.51. The normalized spacial score (nSPS) is 16.7. The Morgan fingerprint density at radius 3 is 1.69 bits per heavy atom. The lowest BCUT2D eigenvalue weighted by Gasteiger charge is -2.33. The van der Waals surface area contributed by atoms with Gasteiger partial charge in [-0.15, -0.1) is 0 Å². The number of halogens is 10. The van der Waals surface area contributed by atoms with Gasteiger partial charge in [-0.05, 0) is 12.8 Å². The van der Waals surface area contributed by atoms with Gasteiger partial charge in [-0.25, -0.2) is 17.5 Å². The van der Waals surface area contributed by atoms with Crippen LogP contribution in [0.5, 0.6) is 0 Å². The van der Waals surface area contributed by atoms with E-state index in [0.717, 1.165) is 6.92 Å². The highest BCUT2D eigenvalue weighted by atomic mass is 32.2. The summed E-state index contributed by atoms with van der Waals surface area (Å²) >= 11 is 0. The molecule has 0 fully saturated rings. The third kappa shape index (κ3) is 8.07. The Labute approximate surface area is 160 Å². The summed E-state index contributed by atoms with van der Waals surface area (Å²) in [5, 5.41) is 6.05. The Morgan fingerprint density at radius 1 is 0.862 bits per heavy atom. The molecule has 15 heteroatoms. The molecule has 0 rings (SSSR count). The van der Waals surface area contributed by atoms with Crippen molar-refractivity contribution < 1.29 is 57.4 Å². The summed E-state index contributed by atoms with van der Waals surface area (Å²) in [5.41, 5.74) is -5.84. The second kappa shape index (κ2) is 9.98. The molecule has 2 atom stereocenters. The number of alkyl halides is 10. The Bertz CT molecular complexity index is 586. The zero-order valence-electron chi connectivity index (χ0n) is 15.1. The average Bonchev–Trinajstić information content (AvgIpc) is 2.52. The third-order valence-corrected chi connectivity index (χ3v) is 6.12. The Hall–Kier alpha value is -0.830. The van der Waals surface area contributed by atoms with E-state index >= 15 is 0 Å². The average molecular weight is 473 g/mol. The van der Waals surface area contributed by atoms with E-state index in [1.54, 1.807) is 4.72 Å². The van der Waals surface area contributed by atoms with Crippen LogP contribution in [0.2, 0.25) is 0 Å². The summed E-state index contributed by atoms with van der Waals surface area (Å²) in [6.07, 6.45) is -22.4. The third-order valence-electron chi connectivity index (χ3n) is 4.23. The van der Waals surface area contributed by atoms with Crippen LogP contribution in [-0.4, -0.2) is 56.1 Å². The highest BCUT2D eigenvalue weighted by Gasteiger charge is 2.73. The number of rotatable bonds is 11. The first-order chi connectivity index (χ1) is 12.8. The molecule has 0 amide bonds. The smallest absolute Gasteiger partial charge is 0.395 e. The predicted molar refractivity (Wildman–Crippen MR) is 82.0 cm³/mol. The first kappa shape index (κ1) is 28.2. The molecule has 0 aromatic carbocycles. The van der Waals surface area contributed by atoms with Crippen LogP contribution in [0, 0.1) is 5.92 Å². The van der Waals surface area contributed by atoms with Crippen molar-refractivity contribution in [3.63, 3.8) is 0 Å². The van der Waals surface area contributed by atoms with Crippen LogP contribution in [0.4, 0.5) is 43.9 Å². The summed E-state index contributed by atoms with van der Waals surface area (Å²) in [6.45, 7) is -0.785. The number of aliphatic hydroxyl groups is 1. The highest BCUT2D eigenvalue weighted by molar-refractivity contribution is 7.90. The van der Waals surface area contributed by atoms with E-state index in [1.165, 1.54) is 0 Å². The maximum atomic E-state index is 14.0. The van der Waals surface area contributed by atoms with Crippen molar-refractivity contribution in [2.45, 2.75) is 68.5 Å². The van der Waals surface area contributed by atoms with Crippen molar-refractivity contribution >= 4 is 10.0 Å². The molecule has 0 aliphatic heterocycles. The molecule has 176 valence electrons. The first-order valence-corrected chi connectivity index (χ1v) is 9.82. The maximum Gasteiger partial charge on any atom is 0.431 e. The van der Waals surface area contributed by atoms with E-state index in [0.29, 0.717) is 0 Å². The number of unbranched alkanes of at least 4 members (excludes halogenated alkanes) is 1. The fourth-order valence-electron chi connectivity index (χ4n) is 2.36. The lowest BCUT2D eigenvalue weighted by Crippen LogP contribution is -2.56. The van der Waals surface area contributed by atoms with Crippen molar-refractivity contribution in [2.75, 3.05) is 13.2 Å². The van der Waals surface area contributed by atoms with Gasteiger partial charge in [0.1, 0.15) is 0 Å². The van der Waals surface area contributed by atoms with Crippen LogP contribution in [0.25, 0.3) is 0 Å². The van der Waals surface area contributed by atoms with Gasteiger partial charge in [-0.2, -0.15) is 39.5 Å². The zero-order chi connectivity index (χ0) is 23.3. The molecule has 2 unspecified atom stereocenters. The molecular formula is C14H21F10NO3S. The molecule has 0 heterocycles. The molecule has 0 bridgehead atoms. The lowest BCUT2D eigenvalue weighted by molar-refractivity contribution is -0.343. The highest BCUT2D eigenvalue weighted by Crippen LogP contribution is 2.50. The second-order valence-corrected chi connectivity index (χ2v) is 8.56. The van der Waals surface area contributed by atoms with Crippen LogP contribution in [0.15, 0.2) is 0 Å². The Kier molecular flexibility index (Phi) is 9.70. The minimum absolute atomic E-state index is 0.357. The lowest BCUT2D eigenvalue weighted by atomic mass is 9.94. The van der Waals surface area contributed by atoms with Crippen molar-refractivity contribution in [2.24, 2.45) is 5.92 Å². The summed E-state index contributed by atoms with van der Waals surface area (Å²) in [7, 11) is -4.94. The quantitative estimate of drug-likeness (QED) is 0.349. The minimum atomic E-state index is -6.47. The van der Waals surface area contributed by atoms with Crippen molar-refractivity contribution in [1.82, 2.24) is 4.72 Å². The largest absolute Gasteiger partial charge is 0.431 e. The molecule has 0 aromatic rings. The molecule has 29 heavy (non-hydrogen) atoms. The minimum Gasteiger partial charge on any atom is -0.395 e. The number of aliphatic hydroxyl groups excluding tert-OH is 1. The van der Waals surface area contributed by atoms with Gasteiger partial charge in [0.2, 0.25) is 10.0 Å². The molecule has 4 nitrogen and oxygen atoms in total. The molecule has 0 saturated carbocycles. The summed E-state index contributed by atoms with van der Waals surface area (Å²) in [6, 6.07) is 0. The van der Waals surface area contributed by atoms with E-state index in [1.807, 2.05) is 0 Å². The van der Waals surface area contributed by atoms with Crippen LogP contribution in [0.1, 0.15) is 39.0 Å². The zero-order valence-corrected chi connectivity index (χ0v) is 15.9. The van der Waals surface area contributed by atoms with Gasteiger partial charge < -0.3 is 5.11 Å². The number of hydrogen-bond acceptors (Lipinski definition) is 3. The fraction of sp³-hybridized carbons (Fsp3) is 1.00. The topological polar surface area (TPSA) is 66.4 Å². The van der Waals surface area contributed by atoms with Crippen molar-refractivity contribution in [3.8, 4) is 0 Å². The van der Waals surface area contributed by atoms with Gasteiger partial charge in [0.25, 0.3) is 0 Å². The van der Waals surface area contributed by atoms with Gasteiger partial charge >= 0.3 is 24.2 Å². The first-order valence-electron chi connectivity index (χ1n) is 8.28. The molecule has 0 aromatic heterocycles. The van der Waals surface area contributed by atoms with Crippen LogP contribution < -0.4 is 4.72 Å². The molecule has 0 radical (unpaired) electrons. The van der Waals surface area contributed by atoms with E-state index < -0.39 is 84.2 Å². The Morgan fingerprint density at radius 2 is 1.31 bits per heavy atom. The number of sulfonamides is 1. The van der Waals surface area contributed by atoms with Gasteiger partial charge in [-0.1, -0.05) is 19.8 Å². The van der Waals surface area contributed by atoms with Crippen LogP contribution >= 0.6 is 0 Å². The van der Waals surface area contributed by atoms with Crippen molar-refractivity contribution in [1.29, 1.82) is 0 Å². The van der Waals surface area contributed by atoms with Gasteiger partial charge in [0.05, 0.1) is 17.8 Å².